The first kappa shape index (κ1) is 16.9. The Morgan fingerprint density at radius 1 is 1.42 bits per heavy atom. The van der Waals surface area contributed by atoms with Crippen molar-refractivity contribution in [2.45, 2.75) is 57.3 Å². The van der Waals surface area contributed by atoms with Crippen LogP contribution in [0.25, 0.3) is 0 Å². The molecule has 3 heterocycles. The lowest BCUT2D eigenvalue weighted by atomic mass is 10.1. The predicted molar refractivity (Wildman–Crippen MR) is 94.3 cm³/mol. The second kappa shape index (κ2) is 6.96. The van der Waals surface area contributed by atoms with Crippen LogP contribution in [0.15, 0.2) is 24.5 Å². The van der Waals surface area contributed by atoms with Gasteiger partial charge in [0.05, 0.1) is 17.7 Å². The maximum Gasteiger partial charge on any atom is 0.268 e. The fourth-order valence-electron chi connectivity index (χ4n) is 4.30. The SMILES string of the molecule is N#Cc1cc(C(=O)N[C@@H]2CC(Cn3cccn3)C[C@H]2O)n2c1CCCC2. The van der Waals surface area contributed by atoms with Gasteiger partial charge in [-0.1, -0.05) is 0 Å². The van der Waals surface area contributed by atoms with Gasteiger partial charge in [-0.25, -0.2) is 0 Å². The quantitative estimate of drug-likeness (QED) is 0.870. The maximum absolute atomic E-state index is 12.8. The lowest BCUT2D eigenvalue weighted by Gasteiger charge is -2.20. The summed E-state index contributed by atoms with van der Waals surface area (Å²) >= 11 is 0. The number of hydrogen-bond acceptors (Lipinski definition) is 4. The van der Waals surface area contributed by atoms with Crippen molar-refractivity contribution in [1.82, 2.24) is 19.7 Å². The van der Waals surface area contributed by atoms with Crippen molar-refractivity contribution in [3.63, 3.8) is 0 Å². The Morgan fingerprint density at radius 3 is 3.08 bits per heavy atom. The van der Waals surface area contributed by atoms with Gasteiger partial charge in [0, 0.05) is 31.2 Å². The third-order valence-corrected chi connectivity index (χ3v) is 5.55. The highest BCUT2D eigenvalue weighted by Gasteiger charge is 2.35. The van der Waals surface area contributed by atoms with E-state index in [1.807, 2.05) is 21.5 Å². The molecular weight excluding hydrogens is 330 g/mol. The Kier molecular flexibility index (Phi) is 4.51. The Labute approximate surface area is 152 Å². The predicted octanol–water partition coefficient (Wildman–Crippen LogP) is 1.46. The number of nitrogens with zero attached hydrogens (tertiary/aromatic N) is 4. The van der Waals surface area contributed by atoms with Gasteiger partial charge in [-0.15, -0.1) is 0 Å². The molecule has 26 heavy (non-hydrogen) atoms. The third-order valence-electron chi connectivity index (χ3n) is 5.55. The zero-order valence-electron chi connectivity index (χ0n) is 14.6. The molecule has 0 radical (unpaired) electrons. The first-order valence-electron chi connectivity index (χ1n) is 9.24. The number of rotatable bonds is 4. The van der Waals surface area contributed by atoms with Crippen molar-refractivity contribution < 1.29 is 9.90 Å². The first-order chi connectivity index (χ1) is 12.7. The number of carbonyl (C=O) groups excluding carboxylic acids is 1. The van der Waals surface area contributed by atoms with Gasteiger partial charge in [-0.2, -0.15) is 10.4 Å². The summed E-state index contributed by atoms with van der Waals surface area (Å²) in [7, 11) is 0. The van der Waals surface area contributed by atoms with Crippen molar-refractivity contribution >= 4 is 5.91 Å². The Morgan fingerprint density at radius 2 is 2.31 bits per heavy atom. The summed E-state index contributed by atoms with van der Waals surface area (Å²) < 4.78 is 3.84. The number of nitriles is 1. The van der Waals surface area contributed by atoms with Crippen molar-refractivity contribution in [2.24, 2.45) is 5.92 Å². The van der Waals surface area contributed by atoms with Crippen LogP contribution in [0, 0.1) is 17.2 Å². The van der Waals surface area contributed by atoms with Crippen molar-refractivity contribution in [2.75, 3.05) is 0 Å². The molecule has 7 heteroatoms. The number of aliphatic hydroxyl groups excluding tert-OH is 1. The van der Waals surface area contributed by atoms with E-state index in [9.17, 15) is 15.2 Å². The molecule has 0 aromatic carbocycles. The second-order valence-electron chi connectivity index (χ2n) is 7.32. The molecule has 1 fully saturated rings. The summed E-state index contributed by atoms with van der Waals surface area (Å²) in [4.78, 5) is 12.8. The summed E-state index contributed by atoms with van der Waals surface area (Å²) in [6.45, 7) is 1.52. The number of amides is 1. The van der Waals surface area contributed by atoms with Gasteiger partial charge >= 0.3 is 0 Å². The molecule has 0 saturated heterocycles. The minimum Gasteiger partial charge on any atom is -0.391 e. The van der Waals surface area contributed by atoms with Crippen LogP contribution in [-0.2, 0) is 19.5 Å². The van der Waals surface area contributed by atoms with Gasteiger partial charge in [-0.05, 0) is 50.2 Å². The average Bonchev–Trinajstić information content (AvgIpc) is 3.35. The minimum absolute atomic E-state index is 0.196. The summed E-state index contributed by atoms with van der Waals surface area (Å²) in [5.41, 5.74) is 2.10. The summed E-state index contributed by atoms with van der Waals surface area (Å²) in [6.07, 6.45) is 7.40. The maximum atomic E-state index is 12.8. The number of hydrogen-bond donors (Lipinski definition) is 2. The molecule has 1 aliphatic carbocycles. The van der Waals surface area contributed by atoms with Crippen molar-refractivity contribution in [3.8, 4) is 6.07 Å². The second-order valence-corrected chi connectivity index (χ2v) is 7.32. The first-order valence-corrected chi connectivity index (χ1v) is 9.24. The molecule has 2 aliphatic rings. The molecule has 0 bridgehead atoms. The van der Waals surface area contributed by atoms with Gasteiger partial charge in [0.15, 0.2) is 0 Å². The van der Waals surface area contributed by atoms with Crippen LogP contribution < -0.4 is 5.32 Å². The topological polar surface area (TPSA) is 95.9 Å². The van der Waals surface area contributed by atoms with Crippen molar-refractivity contribution in [1.29, 1.82) is 5.26 Å². The number of fused-ring (bicyclic) bond motifs is 1. The smallest absolute Gasteiger partial charge is 0.268 e. The van der Waals surface area contributed by atoms with Crippen LogP contribution >= 0.6 is 0 Å². The zero-order chi connectivity index (χ0) is 18.1. The van der Waals surface area contributed by atoms with E-state index >= 15 is 0 Å². The molecule has 1 amide bonds. The van der Waals surface area contributed by atoms with E-state index in [1.165, 1.54) is 0 Å². The lowest BCUT2D eigenvalue weighted by molar-refractivity contribution is 0.0862. The summed E-state index contributed by atoms with van der Waals surface area (Å²) in [5, 5.41) is 26.9. The normalized spacial score (nSPS) is 24.8. The fourth-order valence-corrected chi connectivity index (χ4v) is 4.30. The van der Waals surface area contributed by atoms with Crippen molar-refractivity contribution in [3.05, 3.63) is 41.5 Å². The van der Waals surface area contributed by atoms with Crippen LogP contribution in [0.1, 0.15) is 47.4 Å². The Bertz CT molecular complexity index is 833. The fraction of sp³-hybridized carbons (Fsp3) is 0.526. The van der Waals surface area contributed by atoms with Gasteiger partial charge in [0.25, 0.3) is 5.91 Å². The Balaban J connectivity index is 1.45. The molecule has 4 rings (SSSR count). The van der Waals surface area contributed by atoms with E-state index in [0.717, 1.165) is 44.5 Å². The average molecular weight is 353 g/mol. The molecule has 7 nitrogen and oxygen atoms in total. The van der Waals surface area contributed by atoms with Gasteiger partial charge in [0.1, 0.15) is 11.8 Å². The Hall–Kier alpha value is -2.59. The lowest BCUT2D eigenvalue weighted by Crippen LogP contribution is -2.40. The van der Waals surface area contributed by atoms with E-state index in [2.05, 4.69) is 16.5 Å². The molecule has 2 N–H and O–H groups in total. The van der Waals surface area contributed by atoms with E-state index < -0.39 is 6.10 Å². The van der Waals surface area contributed by atoms with Gasteiger partial charge in [-0.3, -0.25) is 9.48 Å². The largest absolute Gasteiger partial charge is 0.391 e. The van der Waals surface area contributed by atoms with Crippen LogP contribution in [0.2, 0.25) is 0 Å². The number of aliphatic hydroxyl groups is 1. The van der Waals surface area contributed by atoms with Crippen LogP contribution in [0.4, 0.5) is 0 Å². The third kappa shape index (κ3) is 3.13. The number of carbonyl (C=O) groups is 1. The molecule has 3 atom stereocenters. The molecular formula is C19H23N5O2. The van der Waals surface area contributed by atoms with Crippen LogP contribution in [-0.4, -0.2) is 37.5 Å². The molecule has 2 aromatic heterocycles. The van der Waals surface area contributed by atoms with E-state index in [1.54, 1.807) is 12.3 Å². The van der Waals surface area contributed by atoms with Gasteiger partial charge < -0.3 is 15.0 Å². The van der Waals surface area contributed by atoms with Crippen LogP contribution in [0.5, 0.6) is 0 Å². The highest BCUT2D eigenvalue weighted by atomic mass is 16.3. The molecule has 1 unspecified atom stereocenters. The zero-order valence-corrected chi connectivity index (χ0v) is 14.6. The molecule has 1 aliphatic heterocycles. The monoisotopic (exact) mass is 353 g/mol. The van der Waals surface area contributed by atoms with Gasteiger partial charge in [0.2, 0.25) is 0 Å². The molecule has 1 saturated carbocycles. The number of nitrogens with one attached hydrogen (secondary N) is 1. The standard InChI is InChI=1S/C19H23N5O2/c20-11-14-10-17(24-7-2-1-4-16(14)24)19(26)22-15-8-13(9-18(15)25)12-23-6-3-5-21-23/h3,5-6,10,13,15,18,25H,1-2,4,7-9,12H2,(H,22,26)/t13?,15-,18-/m1/s1. The number of aromatic nitrogens is 3. The van der Waals surface area contributed by atoms with E-state index in [4.69, 9.17) is 0 Å². The summed E-state index contributed by atoms with van der Waals surface area (Å²) in [5.74, 6) is 0.0875. The highest BCUT2D eigenvalue weighted by Crippen LogP contribution is 2.28. The van der Waals surface area contributed by atoms with E-state index in [-0.39, 0.29) is 17.9 Å². The van der Waals surface area contributed by atoms with E-state index in [0.29, 0.717) is 17.7 Å². The van der Waals surface area contributed by atoms with Crippen LogP contribution in [0.3, 0.4) is 0 Å². The highest BCUT2D eigenvalue weighted by molar-refractivity contribution is 5.93. The summed E-state index contributed by atoms with van der Waals surface area (Å²) in [6, 6.07) is 5.52. The minimum atomic E-state index is -0.550. The molecule has 136 valence electrons. The molecule has 2 aromatic rings. The molecule has 0 spiro atoms.